The molecule has 1 aromatic heterocycles. The smallest absolute Gasteiger partial charge is 0.416 e. The second-order valence-electron chi connectivity index (χ2n) is 6.70. The molecule has 0 aliphatic carbocycles. The van der Waals surface area contributed by atoms with Crippen molar-refractivity contribution in [3.63, 3.8) is 0 Å². The molecule has 4 N–H and O–H groups in total. The summed E-state index contributed by atoms with van der Waals surface area (Å²) in [6, 6.07) is 7.65. The van der Waals surface area contributed by atoms with Crippen molar-refractivity contribution in [2.24, 2.45) is 5.10 Å². The molecule has 2 aromatic carbocycles. The van der Waals surface area contributed by atoms with Gasteiger partial charge in [0.1, 0.15) is 0 Å². The van der Waals surface area contributed by atoms with Gasteiger partial charge in [0.05, 0.1) is 22.5 Å². The summed E-state index contributed by atoms with van der Waals surface area (Å²) in [6.07, 6.45) is -4.48. The summed E-state index contributed by atoms with van der Waals surface area (Å²) in [5.74, 6) is -2.49. The van der Waals surface area contributed by atoms with E-state index in [4.69, 9.17) is 10.3 Å². The number of carboxylic acid groups (broad SMARTS) is 1. The average Bonchev–Trinajstić information content (AvgIpc) is 3.17. The molecule has 8 nitrogen and oxygen atoms in total. The number of hydrogen-bond acceptors (Lipinski definition) is 7. The van der Waals surface area contributed by atoms with E-state index >= 15 is 0 Å². The number of halogens is 3. The van der Waals surface area contributed by atoms with Crippen LogP contribution in [0.3, 0.4) is 0 Å². The minimum absolute atomic E-state index is 0.00814. The Bertz CT molecular complexity index is 1240. The van der Waals surface area contributed by atoms with Crippen LogP contribution < -0.4 is 16.0 Å². The zero-order valence-corrected chi connectivity index (χ0v) is 17.5. The molecule has 0 aliphatic rings. The number of carboxylic acids is 1. The Morgan fingerprint density at radius 1 is 1.09 bits per heavy atom. The number of amides is 1. The molecule has 33 heavy (non-hydrogen) atoms. The highest BCUT2D eigenvalue weighted by molar-refractivity contribution is 7.14. The van der Waals surface area contributed by atoms with Gasteiger partial charge in [0, 0.05) is 16.0 Å². The lowest BCUT2D eigenvalue weighted by atomic mass is 10.1. The fourth-order valence-electron chi connectivity index (χ4n) is 2.83. The van der Waals surface area contributed by atoms with Crippen LogP contribution >= 0.6 is 11.3 Å². The summed E-state index contributed by atoms with van der Waals surface area (Å²) in [4.78, 5) is 23.6. The molecule has 0 saturated heterocycles. The van der Waals surface area contributed by atoms with Gasteiger partial charge < -0.3 is 10.2 Å². The van der Waals surface area contributed by atoms with E-state index in [1.165, 1.54) is 30.5 Å². The number of thiophene rings is 1. The van der Waals surface area contributed by atoms with Crippen LogP contribution in [-0.2, 0) is 6.18 Å². The largest absolute Gasteiger partial charge is 0.871 e. The van der Waals surface area contributed by atoms with Crippen LogP contribution in [0.1, 0.15) is 38.8 Å². The number of hydrazone groups is 1. The molecule has 0 spiro atoms. The minimum atomic E-state index is -4.48. The molecule has 0 saturated carbocycles. The summed E-state index contributed by atoms with van der Waals surface area (Å²) in [5.41, 5.74) is 3.29. The van der Waals surface area contributed by atoms with Crippen LogP contribution in [0.4, 0.5) is 18.9 Å². The number of benzene rings is 2. The fourth-order valence-corrected chi connectivity index (χ4v) is 3.83. The molecule has 0 bridgehead atoms. The topological polar surface area (TPSA) is 134 Å². The van der Waals surface area contributed by atoms with Gasteiger partial charge in [0.25, 0.3) is 5.91 Å². The van der Waals surface area contributed by atoms with Gasteiger partial charge in [0.15, 0.2) is 0 Å². The molecule has 172 valence electrons. The third-order valence-electron chi connectivity index (χ3n) is 4.57. The Hall–Kier alpha value is -3.90. The lowest BCUT2D eigenvalue weighted by molar-refractivity contribution is -0.267. The van der Waals surface area contributed by atoms with E-state index < -0.39 is 29.4 Å². The molecule has 3 aromatic rings. The number of carbonyl (C=O) groups excluding carboxylic acids is 1. The predicted octanol–water partition coefficient (Wildman–Crippen LogP) is 4.16. The number of carbonyl (C=O) groups is 2. The molecular formula is C21H15F3N3O5S-. The summed E-state index contributed by atoms with van der Waals surface area (Å²) < 4.78 is 38.2. The molecule has 0 fully saturated rings. The molecule has 1 amide bonds. The molecule has 0 radical (unpaired) electrons. The molecule has 3 rings (SSSR count). The first kappa shape index (κ1) is 23.8. The van der Waals surface area contributed by atoms with E-state index in [9.17, 15) is 27.9 Å². The average molecular weight is 478 g/mol. The first-order valence-electron chi connectivity index (χ1n) is 9.11. The Morgan fingerprint density at radius 2 is 1.76 bits per heavy atom. The molecule has 0 atom stereocenters. The first-order valence-corrected chi connectivity index (χ1v) is 9.99. The van der Waals surface area contributed by atoms with Crippen molar-refractivity contribution >= 4 is 34.6 Å². The summed E-state index contributed by atoms with van der Waals surface area (Å²) in [6.45, 7) is 1.47. The maximum Gasteiger partial charge on any atom is 0.416 e. The highest BCUT2D eigenvalue weighted by Crippen LogP contribution is 2.38. The highest BCUT2D eigenvalue weighted by Gasteiger charge is 2.30. The van der Waals surface area contributed by atoms with E-state index in [2.05, 4.69) is 10.5 Å². The fraction of sp³-hybridized carbons (Fsp3) is 0.0952. The Balaban J connectivity index is 1.79. The highest BCUT2D eigenvalue weighted by atomic mass is 32.1. The SMILES string of the molecule is C/C(=N\NC(=O)c1ccc(C(=O)O)c(NO)c1)c1csc(-c2ccc(C(F)(F)F)cc2)c1[O-]. The summed E-state index contributed by atoms with van der Waals surface area (Å²) in [7, 11) is 0. The van der Waals surface area contributed by atoms with Crippen molar-refractivity contribution < 1.29 is 38.2 Å². The number of nitrogens with one attached hydrogen (secondary N) is 2. The monoisotopic (exact) mass is 478 g/mol. The number of anilines is 1. The molecule has 12 heteroatoms. The quantitative estimate of drug-likeness (QED) is 0.311. The lowest BCUT2D eigenvalue weighted by Gasteiger charge is -2.13. The molecular weight excluding hydrogens is 463 g/mol. The van der Waals surface area contributed by atoms with Gasteiger partial charge in [0.2, 0.25) is 0 Å². The number of alkyl halides is 3. The normalized spacial score (nSPS) is 11.8. The Labute approximate surface area is 188 Å². The van der Waals surface area contributed by atoms with Crippen LogP contribution in [0.15, 0.2) is 52.9 Å². The van der Waals surface area contributed by atoms with Crippen molar-refractivity contribution in [3.05, 3.63) is 70.1 Å². The van der Waals surface area contributed by atoms with Crippen molar-refractivity contribution in [2.75, 3.05) is 5.48 Å². The number of nitrogens with zero attached hydrogens (tertiary/aromatic N) is 1. The molecule has 0 aliphatic heterocycles. The maximum atomic E-state index is 12.7. The Kier molecular flexibility index (Phi) is 6.70. The zero-order valence-electron chi connectivity index (χ0n) is 16.7. The van der Waals surface area contributed by atoms with Gasteiger partial charge in [-0.15, -0.1) is 11.3 Å². The van der Waals surface area contributed by atoms with Gasteiger partial charge >= 0.3 is 12.1 Å². The number of hydrogen-bond donors (Lipinski definition) is 4. The van der Waals surface area contributed by atoms with Crippen LogP contribution in [0.2, 0.25) is 0 Å². The van der Waals surface area contributed by atoms with Gasteiger partial charge in [-0.3, -0.25) is 15.5 Å². The molecule has 0 unspecified atom stereocenters. The van der Waals surface area contributed by atoms with Gasteiger partial charge in [-0.05, 0) is 48.2 Å². The Morgan fingerprint density at radius 3 is 2.33 bits per heavy atom. The van der Waals surface area contributed by atoms with Crippen LogP contribution in [0.5, 0.6) is 5.75 Å². The second kappa shape index (κ2) is 9.30. The van der Waals surface area contributed by atoms with Crippen molar-refractivity contribution in [2.45, 2.75) is 13.1 Å². The van der Waals surface area contributed by atoms with E-state index in [-0.39, 0.29) is 33.0 Å². The predicted molar refractivity (Wildman–Crippen MR) is 113 cm³/mol. The van der Waals surface area contributed by atoms with Crippen LogP contribution in [-0.4, -0.2) is 27.9 Å². The van der Waals surface area contributed by atoms with Gasteiger partial charge in [-0.2, -0.15) is 18.3 Å². The van der Waals surface area contributed by atoms with Gasteiger partial charge in [-0.1, -0.05) is 17.9 Å². The zero-order chi connectivity index (χ0) is 24.3. The van der Waals surface area contributed by atoms with E-state index in [1.807, 2.05) is 0 Å². The summed E-state index contributed by atoms with van der Waals surface area (Å²) in [5, 5.41) is 36.1. The first-order chi connectivity index (χ1) is 15.5. The second-order valence-corrected chi connectivity index (χ2v) is 7.58. The van der Waals surface area contributed by atoms with E-state index in [0.717, 1.165) is 35.6 Å². The van der Waals surface area contributed by atoms with Crippen LogP contribution in [0.25, 0.3) is 10.4 Å². The van der Waals surface area contributed by atoms with E-state index in [0.29, 0.717) is 5.56 Å². The summed E-state index contributed by atoms with van der Waals surface area (Å²) >= 11 is 1.03. The third-order valence-corrected chi connectivity index (χ3v) is 5.58. The van der Waals surface area contributed by atoms with Crippen molar-refractivity contribution in [1.82, 2.24) is 5.43 Å². The van der Waals surface area contributed by atoms with Crippen molar-refractivity contribution in [3.8, 4) is 16.2 Å². The number of rotatable bonds is 6. The van der Waals surface area contributed by atoms with Crippen LogP contribution in [0, 0.1) is 0 Å². The molecule has 1 heterocycles. The number of aromatic carboxylic acids is 1. The van der Waals surface area contributed by atoms with Crippen molar-refractivity contribution in [1.29, 1.82) is 0 Å². The third kappa shape index (κ3) is 5.13. The maximum absolute atomic E-state index is 12.7. The standard InChI is InChI=1S/C21H16F3N3O5S/c1-10(25-26-19(29)12-4-7-14(20(30)31)16(8-12)27-32)15-9-33-18(17(15)28)11-2-5-13(6-3-11)21(22,23)24/h2-9,27-28,32H,1H3,(H,26,29)(H,30,31)/p-1/b25-10+. The lowest BCUT2D eigenvalue weighted by Crippen LogP contribution is -2.20. The van der Waals surface area contributed by atoms with Gasteiger partial charge in [-0.25, -0.2) is 10.2 Å². The minimum Gasteiger partial charge on any atom is -0.871 e. The van der Waals surface area contributed by atoms with E-state index in [1.54, 1.807) is 5.48 Å².